The van der Waals surface area contributed by atoms with Crippen LogP contribution in [0.4, 0.5) is 0 Å². The van der Waals surface area contributed by atoms with E-state index in [4.69, 9.17) is 15.2 Å². The minimum absolute atomic E-state index is 0. The number of carbonyl (C=O) groups is 1. The fourth-order valence-electron chi connectivity index (χ4n) is 3.89. The number of methoxy groups -OCH3 is 2. The molecule has 5 nitrogen and oxygen atoms in total. The van der Waals surface area contributed by atoms with Crippen molar-refractivity contribution in [2.75, 3.05) is 14.2 Å². The summed E-state index contributed by atoms with van der Waals surface area (Å²) >= 11 is 0. The van der Waals surface area contributed by atoms with Gasteiger partial charge in [-0.1, -0.05) is 6.07 Å². The Labute approximate surface area is 149 Å². The van der Waals surface area contributed by atoms with Gasteiger partial charge in [-0.25, -0.2) is 0 Å². The van der Waals surface area contributed by atoms with Crippen LogP contribution in [0.1, 0.15) is 43.7 Å². The van der Waals surface area contributed by atoms with Gasteiger partial charge in [0.2, 0.25) is 0 Å². The monoisotopic (exact) mass is 355 g/mol. The maximum atomic E-state index is 11.4. The molecule has 2 saturated carbocycles. The third kappa shape index (κ3) is 3.95. The topological polar surface area (TPSA) is 70.8 Å². The summed E-state index contributed by atoms with van der Waals surface area (Å²) in [5.74, 6) is 2.60. The Morgan fingerprint density at radius 1 is 1.25 bits per heavy atom. The van der Waals surface area contributed by atoms with Gasteiger partial charge >= 0.3 is 5.97 Å². The molecule has 0 amide bonds. The zero-order valence-electron chi connectivity index (χ0n) is 14.2. The largest absolute Gasteiger partial charge is 0.493 e. The zero-order valence-corrected chi connectivity index (χ0v) is 15.0. The van der Waals surface area contributed by atoms with Crippen molar-refractivity contribution in [3.63, 3.8) is 0 Å². The van der Waals surface area contributed by atoms with Crippen LogP contribution in [-0.2, 0) is 9.53 Å². The Bertz CT molecular complexity index is 580. The van der Waals surface area contributed by atoms with E-state index in [0.29, 0.717) is 11.7 Å². The summed E-state index contributed by atoms with van der Waals surface area (Å²) in [6, 6.07) is 5.23. The third-order valence-electron chi connectivity index (χ3n) is 5.18. The van der Waals surface area contributed by atoms with E-state index >= 15 is 0 Å². The van der Waals surface area contributed by atoms with E-state index in [1.54, 1.807) is 7.11 Å². The van der Waals surface area contributed by atoms with Crippen LogP contribution in [0.3, 0.4) is 0 Å². The van der Waals surface area contributed by atoms with Crippen molar-refractivity contribution in [1.82, 2.24) is 0 Å². The molecule has 2 N–H and O–H groups in total. The summed E-state index contributed by atoms with van der Waals surface area (Å²) in [7, 11) is 3.00. The van der Waals surface area contributed by atoms with E-state index in [2.05, 4.69) is 4.74 Å². The molecule has 1 aromatic carbocycles. The second-order valence-corrected chi connectivity index (χ2v) is 6.63. The summed E-state index contributed by atoms with van der Waals surface area (Å²) in [5.41, 5.74) is 6.96. The molecule has 134 valence electrons. The lowest BCUT2D eigenvalue weighted by Gasteiger charge is -2.25. The summed E-state index contributed by atoms with van der Waals surface area (Å²) in [6.45, 7) is 0. The first-order valence-electron chi connectivity index (χ1n) is 8.27. The number of carbonyl (C=O) groups excluding carboxylic acids is 1. The fraction of sp³-hybridized carbons (Fsp3) is 0.611. The van der Waals surface area contributed by atoms with Gasteiger partial charge < -0.3 is 19.9 Å². The van der Waals surface area contributed by atoms with E-state index in [9.17, 15) is 4.79 Å². The highest BCUT2D eigenvalue weighted by Gasteiger charge is 2.41. The molecule has 6 heteroatoms. The van der Waals surface area contributed by atoms with Crippen LogP contribution in [-0.4, -0.2) is 26.3 Å². The van der Waals surface area contributed by atoms with Crippen LogP contribution in [0.25, 0.3) is 0 Å². The van der Waals surface area contributed by atoms with Gasteiger partial charge in [0.1, 0.15) is 6.10 Å². The SMILES string of the molecule is COC(=O)CC(N)c1ccc(OC)c(OC2CC3CCC2C3)c1.Cl. The van der Waals surface area contributed by atoms with Gasteiger partial charge in [0, 0.05) is 6.04 Å². The van der Waals surface area contributed by atoms with Crippen LogP contribution < -0.4 is 15.2 Å². The number of hydrogen-bond acceptors (Lipinski definition) is 5. The number of halogens is 1. The highest BCUT2D eigenvalue weighted by atomic mass is 35.5. The molecule has 0 aliphatic heterocycles. The van der Waals surface area contributed by atoms with E-state index in [-0.39, 0.29) is 30.9 Å². The molecule has 24 heavy (non-hydrogen) atoms. The predicted octanol–water partition coefficient (Wildman–Crippen LogP) is 3.25. The third-order valence-corrected chi connectivity index (χ3v) is 5.18. The number of esters is 1. The lowest BCUT2D eigenvalue weighted by molar-refractivity contribution is -0.141. The number of benzene rings is 1. The van der Waals surface area contributed by atoms with Crippen molar-refractivity contribution < 1.29 is 19.0 Å². The van der Waals surface area contributed by atoms with Crippen molar-refractivity contribution in [3.8, 4) is 11.5 Å². The molecular weight excluding hydrogens is 330 g/mol. The first-order chi connectivity index (χ1) is 11.1. The first kappa shape index (κ1) is 18.9. The standard InChI is InChI=1S/C18H25NO4.ClH/c1-21-15-6-5-12(14(19)10-18(20)22-2)9-17(15)23-16-8-11-3-4-13(16)7-11;/h5-6,9,11,13-14,16H,3-4,7-8,10,19H2,1-2H3;1H. The molecule has 4 unspecified atom stereocenters. The van der Waals surface area contributed by atoms with Gasteiger partial charge in [0.05, 0.1) is 20.6 Å². The molecule has 1 aromatic rings. The Morgan fingerprint density at radius 3 is 2.62 bits per heavy atom. The molecule has 0 aromatic heterocycles. The Balaban J connectivity index is 0.00000208. The van der Waals surface area contributed by atoms with E-state index in [1.165, 1.54) is 26.4 Å². The lowest BCUT2D eigenvalue weighted by atomic mass is 9.97. The highest BCUT2D eigenvalue weighted by molar-refractivity contribution is 5.85. The zero-order chi connectivity index (χ0) is 16.4. The Hall–Kier alpha value is -1.46. The van der Waals surface area contributed by atoms with E-state index < -0.39 is 6.04 Å². The highest BCUT2D eigenvalue weighted by Crippen LogP contribution is 2.47. The average Bonchev–Trinajstić information content (AvgIpc) is 3.17. The molecule has 2 aliphatic rings. The van der Waals surface area contributed by atoms with Crippen LogP contribution in [0.5, 0.6) is 11.5 Å². The maximum absolute atomic E-state index is 11.4. The molecule has 2 aliphatic carbocycles. The number of rotatable bonds is 6. The summed E-state index contributed by atoms with van der Waals surface area (Å²) in [5, 5.41) is 0. The number of nitrogens with two attached hydrogens (primary N) is 1. The van der Waals surface area contributed by atoms with Crippen molar-refractivity contribution in [2.24, 2.45) is 17.6 Å². The van der Waals surface area contributed by atoms with Crippen LogP contribution in [0.2, 0.25) is 0 Å². The van der Waals surface area contributed by atoms with Crippen molar-refractivity contribution in [2.45, 2.75) is 44.2 Å². The lowest BCUT2D eigenvalue weighted by Crippen LogP contribution is -2.24. The summed E-state index contributed by atoms with van der Waals surface area (Å²) in [4.78, 5) is 11.4. The van der Waals surface area contributed by atoms with Gasteiger partial charge in [-0.05, 0) is 55.2 Å². The first-order valence-corrected chi connectivity index (χ1v) is 8.27. The van der Waals surface area contributed by atoms with E-state index in [1.807, 2.05) is 18.2 Å². The molecule has 0 heterocycles. The number of fused-ring (bicyclic) bond motifs is 2. The number of ether oxygens (including phenoxy) is 3. The molecule has 2 bridgehead atoms. The van der Waals surface area contributed by atoms with Crippen molar-refractivity contribution in [1.29, 1.82) is 0 Å². The van der Waals surface area contributed by atoms with Gasteiger partial charge in [-0.3, -0.25) is 4.79 Å². The van der Waals surface area contributed by atoms with Gasteiger partial charge in [-0.15, -0.1) is 12.4 Å². The van der Waals surface area contributed by atoms with Crippen molar-refractivity contribution >= 4 is 18.4 Å². The van der Waals surface area contributed by atoms with E-state index in [0.717, 1.165) is 23.7 Å². The Kier molecular flexibility index (Phi) is 6.35. The fourth-order valence-corrected chi connectivity index (χ4v) is 3.89. The van der Waals surface area contributed by atoms with Gasteiger partial charge in [-0.2, -0.15) is 0 Å². The quantitative estimate of drug-likeness (QED) is 0.793. The molecule has 0 spiro atoms. The predicted molar refractivity (Wildman–Crippen MR) is 93.7 cm³/mol. The normalized spacial score (nSPS) is 25.7. The molecule has 2 fully saturated rings. The molecule has 0 radical (unpaired) electrons. The van der Waals surface area contributed by atoms with Crippen LogP contribution in [0.15, 0.2) is 18.2 Å². The number of hydrogen-bond donors (Lipinski definition) is 1. The summed E-state index contributed by atoms with van der Waals surface area (Å²) in [6.07, 6.45) is 5.44. The van der Waals surface area contributed by atoms with Gasteiger partial charge in [0.15, 0.2) is 11.5 Å². The minimum Gasteiger partial charge on any atom is -0.493 e. The minimum atomic E-state index is -0.407. The Morgan fingerprint density at radius 2 is 2.04 bits per heavy atom. The summed E-state index contributed by atoms with van der Waals surface area (Å²) < 4.78 is 16.4. The molecule has 4 atom stereocenters. The molecule has 3 rings (SSSR count). The molecule has 0 saturated heterocycles. The van der Waals surface area contributed by atoms with Crippen molar-refractivity contribution in [3.05, 3.63) is 23.8 Å². The molecular formula is C18H26ClNO4. The smallest absolute Gasteiger partial charge is 0.307 e. The second-order valence-electron chi connectivity index (χ2n) is 6.63. The second kappa shape index (κ2) is 8.08. The van der Waals surface area contributed by atoms with Crippen LogP contribution >= 0.6 is 12.4 Å². The average molecular weight is 356 g/mol. The maximum Gasteiger partial charge on any atom is 0.307 e. The van der Waals surface area contributed by atoms with Crippen LogP contribution in [0, 0.1) is 11.8 Å². The van der Waals surface area contributed by atoms with Gasteiger partial charge in [0.25, 0.3) is 0 Å².